The minimum absolute atomic E-state index is 0.133. The van der Waals surface area contributed by atoms with E-state index < -0.39 is 0 Å². The van der Waals surface area contributed by atoms with Crippen LogP contribution in [0.25, 0.3) is 0 Å². The number of esters is 1. The maximum atomic E-state index is 12.6. The van der Waals surface area contributed by atoms with Gasteiger partial charge in [-0.15, -0.1) is 0 Å². The molecule has 0 radical (unpaired) electrons. The van der Waals surface area contributed by atoms with E-state index in [1.165, 1.54) is 77.0 Å². The van der Waals surface area contributed by atoms with Crippen molar-refractivity contribution in [2.24, 2.45) is 29.6 Å². The van der Waals surface area contributed by atoms with E-state index in [9.17, 15) is 4.79 Å². The fraction of sp³-hybridized carbons (Fsp3) is 0.960. The number of carbonyl (C=O) groups is 1. The van der Waals surface area contributed by atoms with Gasteiger partial charge < -0.3 is 4.74 Å². The summed E-state index contributed by atoms with van der Waals surface area (Å²) in [5, 5.41) is 0. The third-order valence-corrected chi connectivity index (χ3v) is 8.13. The summed E-state index contributed by atoms with van der Waals surface area (Å²) in [4.78, 5) is 12.6. The molecule has 0 aromatic carbocycles. The average molecular weight is 377 g/mol. The largest absolute Gasteiger partial charge is 0.462 e. The van der Waals surface area contributed by atoms with Crippen LogP contribution in [0.5, 0.6) is 0 Å². The first kappa shape index (κ1) is 21.2. The van der Waals surface area contributed by atoms with Gasteiger partial charge in [-0.3, -0.25) is 4.79 Å². The molecule has 0 amide bonds. The molecule has 0 atom stereocenters. The van der Waals surface area contributed by atoms with Crippen molar-refractivity contribution in [2.45, 2.75) is 123 Å². The van der Waals surface area contributed by atoms with Gasteiger partial charge in [-0.2, -0.15) is 0 Å². The Morgan fingerprint density at radius 3 is 1.59 bits per heavy atom. The van der Waals surface area contributed by atoms with Crippen molar-refractivity contribution >= 4 is 5.97 Å². The second-order valence-electron chi connectivity index (χ2n) is 10.0. The summed E-state index contributed by atoms with van der Waals surface area (Å²) in [5.41, 5.74) is 0. The molecular weight excluding hydrogens is 332 g/mol. The average Bonchev–Trinajstić information content (AvgIpc) is 2.70. The second-order valence-corrected chi connectivity index (χ2v) is 10.0. The number of hydrogen-bond acceptors (Lipinski definition) is 2. The molecule has 0 heterocycles. The standard InChI is InChI=1S/C25H44O2/c1-3-5-19-7-11-21(12-8-19)22-15-17-24(18-16-22)27-25(26)23-13-9-20(6-4-2)10-14-23/h19-24H,3-18H2,1-2H3. The van der Waals surface area contributed by atoms with Crippen molar-refractivity contribution < 1.29 is 9.53 Å². The van der Waals surface area contributed by atoms with Crippen molar-refractivity contribution in [3.63, 3.8) is 0 Å². The lowest BCUT2D eigenvalue weighted by atomic mass is 9.70. The maximum Gasteiger partial charge on any atom is 0.309 e. The third kappa shape index (κ3) is 6.23. The maximum absolute atomic E-state index is 12.6. The Bertz CT molecular complexity index is 422. The van der Waals surface area contributed by atoms with Crippen LogP contribution in [-0.2, 0) is 9.53 Å². The minimum Gasteiger partial charge on any atom is -0.462 e. The third-order valence-electron chi connectivity index (χ3n) is 8.13. The highest BCUT2D eigenvalue weighted by atomic mass is 16.5. The van der Waals surface area contributed by atoms with E-state index in [0.717, 1.165) is 49.4 Å². The Labute approximate surface area is 168 Å². The fourth-order valence-electron chi connectivity index (χ4n) is 6.39. The van der Waals surface area contributed by atoms with Crippen molar-refractivity contribution in [3.05, 3.63) is 0 Å². The van der Waals surface area contributed by atoms with E-state index in [1.54, 1.807) is 0 Å². The highest BCUT2D eigenvalue weighted by Crippen LogP contribution is 2.42. The van der Waals surface area contributed by atoms with Crippen LogP contribution < -0.4 is 0 Å². The minimum atomic E-state index is 0.133. The summed E-state index contributed by atoms with van der Waals surface area (Å²) in [5.74, 6) is 4.08. The Morgan fingerprint density at radius 2 is 1.11 bits per heavy atom. The topological polar surface area (TPSA) is 26.3 Å². The van der Waals surface area contributed by atoms with E-state index in [2.05, 4.69) is 13.8 Å². The van der Waals surface area contributed by atoms with Gasteiger partial charge in [0.05, 0.1) is 5.92 Å². The predicted molar refractivity (Wildman–Crippen MR) is 113 cm³/mol. The molecule has 3 saturated carbocycles. The van der Waals surface area contributed by atoms with Crippen LogP contribution in [0.3, 0.4) is 0 Å². The summed E-state index contributed by atoms with van der Waals surface area (Å²) in [6.07, 6.45) is 20.9. The molecule has 3 aliphatic carbocycles. The molecule has 156 valence electrons. The number of carbonyl (C=O) groups excluding carboxylic acids is 1. The zero-order valence-electron chi connectivity index (χ0n) is 18.1. The molecule has 0 aliphatic heterocycles. The van der Waals surface area contributed by atoms with Gasteiger partial charge in [0.1, 0.15) is 6.10 Å². The molecule has 3 fully saturated rings. The molecule has 0 saturated heterocycles. The summed E-state index contributed by atoms with van der Waals surface area (Å²) >= 11 is 0. The first-order valence-electron chi connectivity index (χ1n) is 12.4. The molecule has 0 aromatic heterocycles. The van der Waals surface area contributed by atoms with Crippen molar-refractivity contribution in [1.82, 2.24) is 0 Å². The zero-order chi connectivity index (χ0) is 19.1. The SMILES string of the molecule is CCCC1CCC(C(=O)OC2CCC(C3CCC(CCC)CC3)CC2)CC1. The van der Waals surface area contributed by atoms with Crippen LogP contribution in [0.15, 0.2) is 0 Å². The number of rotatable bonds is 7. The molecule has 0 aromatic rings. The van der Waals surface area contributed by atoms with Gasteiger partial charge >= 0.3 is 5.97 Å². The van der Waals surface area contributed by atoms with Crippen molar-refractivity contribution in [2.75, 3.05) is 0 Å². The predicted octanol–water partition coefficient (Wildman–Crippen LogP) is 7.30. The van der Waals surface area contributed by atoms with Gasteiger partial charge in [0.2, 0.25) is 0 Å². The molecule has 3 aliphatic rings. The summed E-state index contributed by atoms with van der Waals surface area (Å²) in [6.45, 7) is 4.60. The smallest absolute Gasteiger partial charge is 0.309 e. The lowest BCUT2D eigenvalue weighted by molar-refractivity contribution is -0.157. The highest BCUT2D eigenvalue weighted by molar-refractivity contribution is 5.72. The van der Waals surface area contributed by atoms with Gasteiger partial charge in [-0.05, 0) is 87.9 Å². The highest BCUT2D eigenvalue weighted by Gasteiger charge is 2.33. The van der Waals surface area contributed by atoms with E-state index in [1.807, 2.05) is 0 Å². The van der Waals surface area contributed by atoms with Gasteiger partial charge in [-0.25, -0.2) is 0 Å². The first-order chi connectivity index (χ1) is 13.2. The van der Waals surface area contributed by atoms with Gasteiger partial charge in [-0.1, -0.05) is 52.4 Å². The van der Waals surface area contributed by atoms with Gasteiger partial charge in [0, 0.05) is 0 Å². The van der Waals surface area contributed by atoms with E-state index in [0.29, 0.717) is 0 Å². The Balaban J connectivity index is 1.33. The summed E-state index contributed by atoms with van der Waals surface area (Å²) < 4.78 is 5.97. The van der Waals surface area contributed by atoms with Gasteiger partial charge in [0.15, 0.2) is 0 Å². The molecule has 0 N–H and O–H groups in total. The molecule has 27 heavy (non-hydrogen) atoms. The molecule has 0 bridgehead atoms. The van der Waals surface area contributed by atoms with Crippen molar-refractivity contribution in [1.29, 1.82) is 0 Å². The van der Waals surface area contributed by atoms with E-state index in [-0.39, 0.29) is 18.0 Å². The van der Waals surface area contributed by atoms with Crippen LogP contribution in [0.2, 0.25) is 0 Å². The second kappa shape index (κ2) is 10.9. The Morgan fingerprint density at radius 1 is 0.667 bits per heavy atom. The van der Waals surface area contributed by atoms with Crippen molar-refractivity contribution in [3.8, 4) is 0 Å². The Kier molecular flexibility index (Phi) is 8.52. The number of ether oxygens (including phenoxy) is 1. The van der Waals surface area contributed by atoms with Crippen LogP contribution >= 0.6 is 0 Å². The summed E-state index contributed by atoms with van der Waals surface area (Å²) in [7, 11) is 0. The van der Waals surface area contributed by atoms with Gasteiger partial charge in [0.25, 0.3) is 0 Å². The van der Waals surface area contributed by atoms with E-state index >= 15 is 0 Å². The summed E-state index contributed by atoms with van der Waals surface area (Å²) in [6, 6.07) is 0. The monoisotopic (exact) mass is 376 g/mol. The Hall–Kier alpha value is -0.530. The lowest BCUT2D eigenvalue weighted by Gasteiger charge is -2.38. The fourth-order valence-corrected chi connectivity index (χ4v) is 6.39. The molecule has 2 nitrogen and oxygen atoms in total. The van der Waals surface area contributed by atoms with E-state index in [4.69, 9.17) is 4.74 Å². The van der Waals surface area contributed by atoms with Crippen LogP contribution in [0.4, 0.5) is 0 Å². The molecule has 3 rings (SSSR count). The van der Waals surface area contributed by atoms with Crippen LogP contribution in [-0.4, -0.2) is 12.1 Å². The van der Waals surface area contributed by atoms with Crippen LogP contribution in [0, 0.1) is 29.6 Å². The van der Waals surface area contributed by atoms with Crippen LogP contribution in [0.1, 0.15) is 117 Å². The quantitative estimate of drug-likeness (QED) is 0.436. The first-order valence-corrected chi connectivity index (χ1v) is 12.4. The zero-order valence-corrected chi connectivity index (χ0v) is 18.1. The molecule has 0 spiro atoms. The molecule has 2 heteroatoms. The molecular formula is C25H44O2. The number of hydrogen-bond donors (Lipinski definition) is 0. The normalized spacial score (nSPS) is 37.7. The molecule has 0 unspecified atom stereocenters. The lowest BCUT2D eigenvalue weighted by Crippen LogP contribution is -2.32.